The Morgan fingerprint density at radius 3 is 1.80 bits per heavy atom. The summed E-state index contributed by atoms with van der Waals surface area (Å²) in [4.78, 5) is 2.25. The molecule has 202 valence electrons. The Bertz CT molecular complexity index is 1850. The van der Waals surface area contributed by atoms with Crippen molar-refractivity contribution in [2.24, 2.45) is 5.41 Å². The predicted octanol–water partition coefficient (Wildman–Crippen LogP) is 12.1. The number of nitrogens with zero attached hydrogens (tertiary/aromatic N) is 1. The van der Waals surface area contributed by atoms with E-state index < -0.39 is 0 Å². The zero-order valence-corrected chi connectivity index (χ0v) is 27.0. The van der Waals surface area contributed by atoms with E-state index in [2.05, 4.69) is 133 Å². The third-order valence-corrected chi connectivity index (χ3v) is 10.8. The fourth-order valence-corrected chi connectivity index (χ4v) is 6.65. The van der Waals surface area contributed by atoms with Gasteiger partial charge in [0.25, 0.3) is 0 Å². The minimum absolute atomic E-state index is 0.132. The Morgan fingerprint density at radius 2 is 1.20 bits per heavy atom. The van der Waals surface area contributed by atoms with Gasteiger partial charge in [-0.2, -0.15) is 0 Å². The van der Waals surface area contributed by atoms with Crippen LogP contribution in [-0.4, -0.2) is 0 Å². The summed E-state index contributed by atoms with van der Waals surface area (Å²) < 4.78 is 29.8. The minimum atomic E-state index is -0.338. The van der Waals surface area contributed by atoms with E-state index in [1.165, 1.54) is 0 Å². The third kappa shape index (κ3) is 4.16. The van der Waals surface area contributed by atoms with Crippen molar-refractivity contribution >= 4 is 59.7 Å². The highest BCUT2D eigenvalue weighted by Gasteiger charge is 2.56. The molecule has 5 aromatic carbocycles. The van der Waals surface area contributed by atoms with Crippen molar-refractivity contribution < 1.29 is 4.11 Å². The van der Waals surface area contributed by atoms with Crippen molar-refractivity contribution in [3.63, 3.8) is 0 Å². The highest BCUT2D eigenvalue weighted by atomic mass is 79.9. The maximum Gasteiger partial charge on any atom is 0.0632 e. The van der Waals surface area contributed by atoms with Crippen LogP contribution < -0.4 is 4.90 Å². The largest absolute Gasteiger partial charge is 0.310 e. The topological polar surface area (TPSA) is 3.24 Å². The van der Waals surface area contributed by atoms with Crippen molar-refractivity contribution in [2.75, 3.05) is 4.90 Å². The van der Waals surface area contributed by atoms with Gasteiger partial charge in [0, 0.05) is 25.7 Å². The Labute approximate surface area is 259 Å². The van der Waals surface area contributed by atoms with Crippen LogP contribution in [0.25, 0.3) is 21.9 Å². The summed E-state index contributed by atoms with van der Waals surface area (Å²) in [6, 6.07) is 29.8. The van der Waals surface area contributed by atoms with Crippen LogP contribution >= 0.6 is 31.9 Å². The van der Waals surface area contributed by atoms with E-state index in [1.54, 1.807) is 0 Å². The molecule has 0 aliphatic heterocycles. The molecule has 0 atom stereocenters. The summed E-state index contributed by atoms with van der Waals surface area (Å²) in [6.45, 7) is 13.2. The fourth-order valence-electron chi connectivity index (χ4n) is 6.12. The van der Waals surface area contributed by atoms with Gasteiger partial charge in [0.05, 0.1) is 9.80 Å². The first-order chi connectivity index (χ1) is 20.2. The Morgan fingerprint density at radius 1 is 0.625 bits per heavy atom. The first-order valence-corrected chi connectivity index (χ1v) is 15.3. The zero-order valence-electron chi connectivity index (χ0n) is 26.8. The quantitative estimate of drug-likeness (QED) is 0.186. The van der Waals surface area contributed by atoms with Crippen LogP contribution in [0.2, 0.25) is 0 Å². The zero-order chi connectivity index (χ0) is 31.1. The Kier molecular flexibility index (Phi) is 5.71. The van der Waals surface area contributed by atoms with Crippen LogP contribution in [-0.2, 0) is 10.8 Å². The van der Waals surface area contributed by atoms with Crippen LogP contribution in [0.3, 0.4) is 0 Å². The molecular weight excluding hydrogens is 618 g/mol. The molecule has 0 radical (unpaired) electrons. The molecule has 0 spiro atoms. The summed E-state index contributed by atoms with van der Waals surface area (Å²) in [5.74, 6) is 0. The van der Waals surface area contributed by atoms with Gasteiger partial charge < -0.3 is 4.90 Å². The highest BCUT2D eigenvalue weighted by Crippen LogP contribution is 2.61. The molecular formula is C37H35Br2N. The standard InChI is InChI=1S/C37H35Br2N/c1-35(2)32-21-11-25(23-33(32)36(3,4)37(35,5)6)24-10-20-31-26(22-24)8-7-9-34(31)40(29-16-12-27(38)13-17-29)30-18-14-28(39)15-19-30/h7-23H,1-6H3/i11D,21D,23D. The summed E-state index contributed by atoms with van der Waals surface area (Å²) in [5.41, 5.74) is 5.33. The number of hydrogen-bond donors (Lipinski definition) is 0. The molecule has 0 unspecified atom stereocenters. The molecule has 6 rings (SSSR count). The molecule has 0 heterocycles. The maximum atomic E-state index is 9.47. The number of hydrogen-bond acceptors (Lipinski definition) is 1. The molecule has 1 aliphatic rings. The lowest BCUT2D eigenvalue weighted by atomic mass is 9.59. The molecule has 1 aliphatic carbocycles. The summed E-state index contributed by atoms with van der Waals surface area (Å²) >= 11 is 7.14. The van der Waals surface area contributed by atoms with E-state index >= 15 is 0 Å². The number of rotatable bonds is 4. The van der Waals surface area contributed by atoms with Gasteiger partial charge in [-0.25, -0.2) is 0 Å². The summed E-state index contributed by atoms with van der Waals surface area (Å²) in [7, 11) is 0. The van der Waals surface area contributed by atoms with Gasteiger partial charge in [0.2, 0.25) is 0 Å². The molecule has 3 heteroatoms. The van der Waals surface area contributed by atoms with Gasteiger partial charge in [-0.3, -0.25) is 0 Å². The second kappa shape index (κ2) is 9.60. The Hall–Kier alpha value is -2.88. The van der Waals surface area contributed by atoms with Crippen molar-refractivity contribution in [3.05, 3.63) is 123 Å². The monoisotopic (exact) mass is 654 g/mol. The second-order valence-electron chi connectivity index (χ2n) is 12.4. The first-order valence-electron chi connectivity index (χ1n) is 15.2. The van der Waals surface area contributed by atoms with Gasteiger partial charge in [-0.05, 0) is 105 Å². The average molecular weight is 657 g/mol. The maximum absolute atomic E-state index is 9.47. The van der Waals surface area contributed by atoms with Crippen molar-refractivity contribution in [3.8, 4) is 11.1 Å². The minimum Gasteiger partial charge on any atom is -0.310 e. The molecule has 40 heavy (non-hydrogen) atoms. The number of benzene rings is 5. The van der Waals surface area contributed by atoms with E-state index in [4.69, 9.17) is 2.74 Å². The van der Waals surface area contributed by atoms with E-state index in [9.17, 15) is 1.37 Å². The number of anilines is 3. The van der Waals surface area contributed by atoms with Crippen LogP contribution in [0.15, 0.2) is 112 Å². The lowest BCUT2D eigenvalue weighted by molar-refractivity contribution is 0.125. The molecule has 0 amide bonds. The van der Waals surface area contributed by atoms with Gasteiger partial charge in [-0.15, -0.1) is 0 Å². The third-order valence-electron chi connectivity index (χ3n) is 9.74. The molecule has 0 saturated heterocycles. The second-order valence-corrected chi connectivity index (χ2v) is 14.2. The average Bonchev–Trinajstić information content (AvgIpc) is 3.07. The molecule has 0 aromatic heterocycles. The molecule has 0 N–H and O–H groups in total. The van der Waals surface area contributed by atoms with Gasteiger partial charge in [0.15, 0.2) is 0 Å². The summed E-state index contributed by atoms with van der Waals surface area (Å²) in [6.07, 6.45) is 0. The SMILES string of the molecule is [2H]c1c([2H])c2c(c([2H])c1-c1ccc3c(N(c4ccc(Br)cc4)c4ccc(Br)cc4)cccc3c1)C(C)(C)C(C)(C)C2(C)C. The molecule has 1 nitrogen and oxygen atoms in total. The smallest absolute Gasteiger partial charge is 0.0632 e. The van der Waals surface area contributed by atoms with Gasteiger partial charge in [-0.1, -0.05) is 116 Å². The molecule has 0 saturated carbocycles. The molecule has 0 bridgehead atoms. The lowest BCUT2D eigenvalue weighted by Gasteiger charge is -2.44. The van der Waals surface area contributed by atoms with Crippen molar-refractivity contribution in [1.82, 2.24) is 0 Å². The van der Waals surface area contributed by atoms with Gasteiger partial charge >= 0.3 is 0 Å². The lowest BCUT2D eigenvalue weighted by Crippen LogP contribution is -2.42. The molecule has 0 fully saturated rings. The highest BCUT2D eigenvalue weighted by molar-refractivity contribution is 9.10. The van der Waals surface area contributed by atoms with E-state index in [-0.39, 0.29) is 28.3 Å². The fraction of sp³-hybridized carbons (Fsp3) is 0.243. The van der Waals surface area contributed by atoms with Crippen LogP contribution in [0.1, 0.15) is 56.8 Å². The number of halogens is 2. The molecule has 5 aromatic rings. The van der Waals surface area contributed by atoms with Crippen molar-refractivity contribution in [2.45, 2.75) is 52.4 Å². The van der Waals surface area contributed by atoms with E-state index in [0.29, 0.717) is 11.6 Å². The van der Waals surface area contributed by atoms with Gasteiger partial charge in [0.1, 0.15) is 0 Å². The number of fused-ring (bicyclic) bond motifs is 2. The Balaban J connectivity index is 1.56. The predicted molar refractivity (Wildman–Crippen MR) is 179 cm³/mol. The van der Waals surface area contributed by atoms with Crippen LogP contribution in [0.4, 0.5) is 17.1 Å². The normalized spacial score (nSPS) is 17.6. The van der Waals surface area contributed by atoms with E-state index in [0.717, 1.165) is 53.5 Å². The first kappa shape index (κ1) is 23.8. The van der Waals surface area contributed by atoms with Crippen LogP contribution in [0.5, 0.6) is 0 Å². The van der Waals surface area contributed by atoms with Crippen LogP contribution in [0, 0.1) is 5.41 Å². The summed E-state index contributed by atoms with van der Waals surface area (Å²) in [5, 5.41) is 2.07. The van der Waals surface area contributed by atoms with E-state index in [1.807, 2.05) is 30.3 Å². The van der Waals surface area contributed by atoms with Crippen molar-refractivity contribution in [1.29, 1.82) is 0 Å².